The van der Waals surface area contributed by atoms with Crippen LogP contribution in [0.2, 0.25) is 0 Å². The Morgan fingerprint density at radius 3 is 2.71 bits per heavy atom. The number of piperidine rings is 1. The van der Waals surface area contributed by atoms with E-state index < -0.39 is 6.03 Å². The predicted octanol–water partition coefficient (Wildman–Crippen LogP) is 1.67. The fourth-order valence-electron chi connectivity index (χ4n) is 2.92. The molecular formula is C16H23N3O2. The third-order valence-corrected chi connectivity index (χ3v) is 3.95. The van der Waals surface area contributed by atoms with Crippen molar-refractivity contribution >= 4 is 11.9 Å². The van der Waals surface area contributed by atoms with Gasteiger partial charge in [-0.05, 0) is 31.4 Å². The van der Waals surface area contributed by atoms with E-state index >= 15 is 0 Å². The SMILES string of the molecule is NC(=O)NC(=O)CCN1CCCC[C@H]1Cc1ccccc1. The predicted molar refractivity (Wildman–Crippen MR) is 81.7 cm³/mol. The standard InChI is InChI=1S/C16H23N3O2/c17-16(21)18-15(20)9-11-19-10-5-4-8-14(19)12-13-6-2-1-3-7-13/h1-3,6-7,14H,4-5,8-12H2,(H3,17,18,20,21)/t14-/m0/s1. The molecule has 1 aromatic rings. The number of nitrogens with zero attached hydrogens (tertiary/aromatic N) is 1. The van der Waals surface area contributed by atoms with Gasteiger partial charge < -0.3 is 5.73 Å². The van der Waals surface area contributed by atoms with Gasteiger partial charge in [0.05, 0.1) is 0 Å². The highest BCUT2D eigenvalue weighted by atomic mass is 16.2. The van der Waals surface area contributed by atoms with Crippen LogP contribution in [-0.4, -0.2) is 36.0 Å². The normalized spacial score (nSPS) is 19.1. The van der Waals surface area contributed by atoms with E-state index in [1.54, 1.807) is 0 Å². The second-order valence-corrected chi connectivity index (χ2v) is 5.54. The molecule has 1 aromatic carbocycles. The van der Waals surface area contributed by atoms with Crippen LogP contribution in [0.4, 0.5) is 4.79 Å². The maximum atomic E-state index is 11.5. The van der Waals surface area contributed by atoms with Crippen LogP contribution in [0, 0.1) is 0 Å². The number of carbonyl (C=O) groups excluding carboxylic acids is 2. The van der Waals surface area contributed by atoms with Crippen molar-refractivity contribution in [3.63, 3.8) is 0 Å². The number of carbonyl (C=O) groups is 2. The Kier molecular flexibility index (Phi) is 5.75. The Balaban J connectivity index is 1.87. The van der Waals surface area contributed by atoms with Crippen molar-refractivity contribution in [1.29, 1.82) is 0 Å². The molecule has 0 aromatic heterocycles. The highest BCUT2D eigenvalue weighted by Crippen LogP contribution is 2.20. The molecule has 1 aliphatic rings. The summed E-state index contributed by atoms with van der Waals surface area (Å²) in [5.41, 5.74) is 6.28. The van der Waals surface area contributed by atoms with Gasteiger partial charge in [0.25, 0.3) is 0 Å². The molecule has 1 fully saturated rings. The Hall–Kier alpha value is -1.88. The molecule has 1 aliphatic heterocycles. The van der Waals surface area contributed by atoms with Gasteiger partial charge in [0.1, 0.15) is 0 Å². The van der Waals surface area contributed by atoms with Gasteiger partial charge in [-0.3, -0.25) is 15.0 Å². The van der Waals surface area contributed by atoms with Gasteiger partial charge in [-0.1, -0.05) is 36.8 Å². The lowest BCUT2D eigenvalue weighted by Crippen LogP contribution is -2.43. The summed E-state index contributed by atoms with van der Waals surface area (Å²) >= 11 is 0. The zero-order valence-electron chi connectivity index (χ0n) is 12.3. The Bertz CT molecular complexity index is 476. The van der Waals surface area contributed by atoms with Gasteiger partial charge >= 0.3 is 6.03 Å². The minimum absolute atomic E-state index is 0.300. The Morgan fingerprint density at radius 2 is 2.00 bits per heavy atom. The number of urea groups is 1. The first kappa shape index (κ1) is 15.5. The lowest BCUT2D eigenvalue weighted by molar-refractivity contribution is -0.120. The minimum Gasteiger partial charge on any atom is -0.351 e. The Morgan fingerprint density at radius 1 is 1.24 bits per heavy atom. The maximum Gasteiger partial charge on any atom is 0.318 e. The van der Waals surface area contributed by atoms with Gasteiger partial charge in [-0.2, -0.15) is 0 Å². The third kappa shape index (κ3) is 5.19. The summed E-state index contributed by atoms with van der Waals surface area (Å²) in [7, 11) is 0. The molecule has 1 heterocycles. The van der Waals surface area contributed by atoms with Crippen molar-refractivity contribution < 1.29 is 9.59 Å². The number of likely N-dealkylation sites (tertiary alicyclic amines) is 1. The lowest BCUT2D eigenvalue weighted by Gasteiger charge is -2.35. The summed E-state index contributed by atoms with van der Waals surface area (Å²) in [5.74, 6) is -0.300. The van der Waals surface area contributed by atoms with Crippen LogP contribution < -0.4 is 11.1 Å². The van der Waals surface area contributed by atoms with Crippen molar-refractivity contribution in [2.24, 2.45) is 5.73 Å². The highest BCUT2D eigenvalue weighted by molar-refractivity contribution is 5.93. The molecule has 0 spiro atoms. The molecule has 114 valence electrons. The summed E-state index contributed by atoms with van der Waals surface area (Å²) in [6.07, 6.45) is 4.89. The number of hydrogen-bond donors (Lipinski definition) is 2. The van der Waals surface area contributed by atoms with Crippen LogP contribution >= 0.6 is 0 Å². The summed E-state index contributed by atoms with van der Waals surface area (Å²) in [5, 5.41) is 2.12. The number of amides is 3. The molecule has 5 heteroatoms. The van der Waals surface area contributed by atoms with Crippen LogP contribution in [0.3, 0.4) is 0 Å². The van der Waals surface area contributed by atoms with Crippen molar-refractivity contribution in [3.05, 3.63) is 35.9 Å². The molecule has 5 nitrogen and oxygen atoms in total. The summed E-state index contributed by atoms with van der Waals surface area (Å²) < 4.78 is 0. The molecule has 1 atom stereocenters. The quantitative estimate of drug-likeness (QED) is 0.865. The van der Waals surface area contributed by atoms with Gasteiger partial charge in [0.2, 0.25) is 5.91 Å². The van der Waals surface area contributed by atoms with E-state index in [4.69, 9.17) is 5.73 Å². The van der Waals surface area contributed by atoms with Crippen LogP contribution in [0.25, 0.3) is 0 Å². The van der Waals surface area contributed by atoms with Crippen LogP contribution in [0.15, 0.2) is 30.3 Å². The number of nitrogens with one attached hydrogen (secondary N) is 1. The fraction of sp³-hybridized carbons (Fsp3) is 0.500. The van der Waals surface area contributed by atoms with Crippen molar-refractivity contribution in [3.8, 4) is 0 Å². The van der Waals surface area contributed by atoms with E-state index in [0.717, 1.165) is 19.4 Å². The minimum atomic E-state index is -0.778. The van der Waals surface area contributed by atoms with E-state index in [-0.39, 0.29) is 5.91 Å². The summed E-state index contributed by atoms with van der Waals surface area (Å²) in [6, 6.07) is 10.1. The number of rotatable bonds is 5. The first-order valence-electron chi connectivity index (χ1n) is 7.52. The molecule has 2 rings (SSSR count). The molecule has 0 unspecified atom stereocenters. The number of nitrogens with two attached hydrogens (primary N) is 1. The molecule has 1 saturated heterocycles. The molecule has 0 saturated carbocycles. The van der Waals surface area contributed by atoms with Crippen molar-refractivity contribution in [2.75, 3.05) is 13.1 Å². The molecular weight excluding hydrogens is 266 g/mol. The van der Waals surface area contributed by atoms with Gasteiger partial charge in [0.15, 0.2) is 0 Å². The van der Waals surface area contributed by atoms with Gasteiger partial charge in [0, 0.05) is 19.0 Å². The first-order chi connectivity index (χ1) is 10.1. The number of primary amides is 1. The Labute approximate surface area is 125 Å². The van der Waals surface area contributed by atoms with E-state index in [9.17, 15) is 9.59 Å². The zero-order valence-corrected chi connectivity index (χ0v) is 12.3. The van der Waals surface area contributed by atoms with E-state index in [1.807, 2.05) is 6.07 Å². The van der Waals surface area contributed by atoms with Crippen molar-refractivity contribution in [1.82, 2.24) is 10.2 Å². The molecule has 21 heavy (non-hydrogen) atoms. The fourth-order valence-corrected chi connectivity index (χ4v) is 2.92. The van der Waals surface area contributed by atoms with E-state index in [2.05, 4.69) is 34.5 Å². The largest absolute Gasteiger partial charge is 0.351 e. The van der Waals surface area contributed by atoms with Crippen molar-refractivity contribution in [2.45, 2.75) is 38.1 Å². The maximum absolute atomic E-state index is 11.5. The number of imide groups is 1. The second kappa shape index (κ2) is 7.78. The molecule has 0 radical (unpaired) electrons. The molecule has 3 amide bonds. The zero-order chi connectivity index (χ0) is 15.1. The third-order valence-electron chi connectivity index (χ3n) is 3.95. The second-order valence-electron chi connectivity index (χ2n) is 5.54. The monoisotopic (exact) mass is 289 g/mol. The van der Waals surface area contributed by atoms with Gasteiger partial charge in [-0.25, -0.2) is 4.79 Å². The number of benzene rings is 1. The van der Waals surface area contributed by atoms with Gasteiger partial charge in [-0.15, -0.1) is 0 Å². The average Bonchev–Trinajstić information content (AvgIpc) is 2.47. The number of hydrogen-bond acceptors (Lipinski definition) is 3. The summed E-state index contributed by atoms with van der Waals surface area (Å²) in [6.45, 7) is 1.69. The molecule has 0 bridgehead atoms. The molecule has 3 N–H and O–H groups in total. The topological polar surface area (TPSA) is 75.4 Å². The van der Waals surface area contributed by atoms with E-state index in [0.29, 0.717) is 19.0 Å². The average molecular weight is 289 g/mol. The lowest BCUT2D eigenvalue weighted by atomic mass is 9.95. The first-order valence-corrected chi connectivity index (χ1v) is 7.52. The molecule has 0 aliphatic carbocycles. The van der Waals surface area contributed by atoms with Crippen LogP contribution in [-0.2, 0) is 11.2 Å². The van der Waals surface area contributed by atoms with E-state index in [1.165, 1.54) is 18.4 Å². The smallest absolute Gasteiger partial charge is 0.318 e. The summed E-state index contributed by atoms with van der Waals surface area (Å²) in [4.78, 5) is 24.5. The van der Waals surface area contributed by atoms with Crippen LogP contribution in [0.1, 0.15) is 31.2 Å². The highest BCUT2D eigenvalue weighted by Gasteiger charge is 2.23. The van der Waals surface area contributed by atoms with Crippen LogP contribution in [0.5, 0.6) is 0 Å².